The minimum absolute atomic E-state index is 0.0269. The van der Waals surface area contributed by atoms with Gasteiger partial charge < -0.3 is 10.2 Å². The van der Waals surface area contributed by atoms with Gasteiger partial charge in [-0.25, -0.2) is 0 Å². The lowest BCUT2D eigenvalue weighted by Gasteiger charge is -2.43. The maximum Gasteiger partial charge on any atom is 0.249 e. The molecule has 0 aromatic carbocycles. The average Bonchev–Trinajstić information content (AvgIpc) is 2.81. The lowest BCUT2D eigenvalue weighted by atomic mass is 9.91. The maximum atomic E-state index is 12.6. The summed E-state index contributed by atoms with van der Waals surface area (Å²) in [4.78, 5) is 26.3. The van der Waals surface area contributed by atoms with Crippen molar-refractivity contribution in [1.82, 2.24) is 10.2 Å². The molecule has 1 saturated carbocycles. The summed E-state index contributed by atoms with van der Waals surface area (Å²) >= 11 is 0. The molecule has 4 heteroatoms. The zero-order valence-corrected chi connectivity index (χ0v) is 11.1. The van der Waals surface area contributed by atoms with E-state index in [4.69, 9.17) is 0 Å². The summed E-state index contributed by atoms with van der Waals surface area (Å²) in [7, 11) is 0. The molecule has 2 aliphatic rings. The zero-order valence-electron chi connectivity index (χ0n) is 11.1. The summed E-state index contributed by atoms with van der Waals surface area (Å²) < 4.78 is 0. The fraction of sp³-hybridized carbons (Fsp3) is 0.714. The predicted octanol–water partition coefficient (Wildman–Crippen LogP) is 1.06. The Balaban J connectivity index is 2.16. The molecular formula is C14H20N2O2. The van der Waals surface area contributed by atoms with E-state index in [1.165, 1.54) is 0 Å². The Morgan fingerprint density at radius 2 is 2.06 bits per heavy atom. The van der Waals surface area contributed by atoms with E-state index in [1.54, 1.807) is 18.7 Å². The molecular weight excluding hydrogens is 228 g/mol. The van der Waals surface area contributed by atoms with Crippen LogP contribution in [0.1, 0.15) is 46.0 Å². The molecule has 1 aliphatic heterocycles. The van der Waals surface area contributed by atoms with E-state index in [-0.39, 0.29) is 17.9 Å². The molecule has 98 valence electrons. The standard InChI is InChI=1S/C14H20N2O2/c1-3-4-7-10-16-11(2)12(17)15-14(13(16)18)8-5-6-9-14/h11H,5-10H2,1-2H3,(H,15,17). The van der Waals surface area contributed by atoms with Gasteiger partial charge in [0.2, 0.25) is 11.8 Å². The Labute approximate surface area is 108 Å². The second-order valence-electron chi connectivity index (χ2n) is 5.13. The highest BCUT2D eigenvalue weighted by Crippen LogP contribution is 2.34. The molecule has 0 aromatic rings. The number of carbonyl (C=O) groups is 2. The molecule has 1 unspecified atom stereocenters. The van der Waals surface area contributed by atoms with E-state index in [9.17, 15) is 9.59 Å². The van der Waals surface area contributed by atoms with Crippen LogP contribution in [0.25, 0.3) is 0 Å². The van der Waals surface area contributed by atoms with Crippen molar-refractivity contribution >= 4 is 11.8 Å². The van der Waals surface area contributed by atoms with Gasteiger partial charge in [0.15, 0.2) is 0 Å². The molecule has 2 amide bonds. The fourth-order valence-corrected chi connectivity index (χ4v) is 2.90. The third-order valence-corrected chi connectivity index (χ3v) is 3.99. The van der Waals surface area contributed by atoms with Crippen LogP contribution in [-0.4, -0.2) is 34.8 Å². The quantitative estimate of drug-likeness (QED) is 0.743. The summed E-state index contributed by atoms with van der Waals surface area (Å²) in [6.45, 7) is 4.12. The topological polar surface area (TPSA) is 49.4 Å². The number of nitrogens with one attached hydrogen (secondary N) is 1. The second kappa shape index (κ2) is 5.01. The number of hydrogen-bond donors (Lipinski definition) is 1. The van der Waals surface area contributed by atoms with Gasteiger partial charge >= 0.3 is 0 Å². The van der Waals surface area contributed by atoms with Crippen LogP contribution in [0.3, 0.4) is 0 Å². The number of rotatable bonds is 2. The highest BCUT2D eigenvalue weighted by molar-refractivity contribution is 5.99. The minimum Gasteiger partial charge on any atom is -0.340 e. The molecule has 1 heterocycles. The molecule has 1 atom stereocenters. The first-order valence-corrected chi connectivity index (χ1v) is 6.63. The molecule has 2 fully saturated rings. The normalized spacial score (nSPS) is 25.9. The second-order valence-corrected chi connectivity index (χ2v) is 5.13. The first-order valence-electron chi connectivity index (χ1n) is 6.63. The number of hydrogen-bond acceptors (Lipinski definition) is 2. The van der Waals surface area contributed by atoms with Gasteiger partial charge in [0.1, 0.15) is 11.6 Å². The van der Waals surface area contributed by atoms with Crippen molar-refractivity contribution in [1.29, 1.82) is 0 Å². The van der Waals surface area contributed by atoms with E-state index in [2.05, 4.69) is 17.2 Å². The smallest absolute Gasteiger partial charge is 0.249 e. The number of amides is 2. The van der Waals surface area contributed by atoms with Crippen molar-refractivity contribution in [3.05, 3.63) is 0 Å². The minimum atomic E-state index is -0.608. The Kier molecular flexibility index (Phi) is 3.60. The van der Waals surface area contributed by atoms with E-state index in [0.717, 1.165) is 25.7 Å². The van der Waals surface area contributed by atoms with Gasteiger partial charge in [-0.15, -0.1) is 11.8 Å². The summed E-state index contributed by atoms with van der Waals surface area (Å²) in [6.07, 6.45) is 4.22. The van der Waals surface area contributed by atoms with Gasteiger partial charge in [0, 0.05) is 13.0 Å². The number of nitrogens with zero attached hydrogens (tertiary/aromatic N) is 1. The van der Waals surface area contributed by atoms with Gasteiger partial charge in [-0.2, -0.15) is 0 Å². The Hall–Kier alpha value is -1.50. The number of piperazine rings is 1. The maximum absolute atomic E-state index is 12.6. The van der Waals surface area contributed by atoms with Crippen LogP contribution in [0.5, 0.6) is 0 Å². The van der Waals surface area contributed by atoms with Crippen LogP contribution in [0, 0.1) is 11.8 Å². The van der Waals surface area contributed by atoms with Gasteiger partial charge in [-0.3, -0.25) is 9.59 Å². The molecule has 0 aromatic heterocycles. The zero-order chi connectivity index (χ0) is 13.2. The van der Waals surface area contributed by atoms with Crippen LogP contribution in [0.2, 0.25) is 0 Å². The molecule has 0 bridgehead atoms. The highest BCUT2D eigenvalue weighted by atomic mass is 16.2. The molecule has 0 radical (unpaired) electrons. The monoisotopic (exact) mass is 248 g/mol. The van der Waals surface area contributed by atoms with E-state index in [0.29, 0.717) is 13.0 Å². The van der Waals surface area contributed by atoms with Gasteiger partial charge in [0.25, 0.3) is 0 Å². The van der Waals surface area contributed by atoms with Crippen molar-refractivity contribution in [2.75, 3.05) is 6.54 Å². The van der Waals surface area contributed by atoms with Crippen LogP contribution in [0.15, 0.2) is 0 Å². The fourth-order valence-electron chi connectivity index (χ4n) is 2.90. The van der Waals surface area contributed by atoms with Gasteiger partial charge in [-0.05, 0) is 26.7 Å². The van der Waals surface area contributed by atoms with E-state index in [1.807, 2.05) is 0 Å². The molecule has 2 rings (SSSR count). The van der Waals surface area contributed by atoms with Crippen molar-refractivity contribution in [2.45, 2.75) is 57.5 Å². The third kappa shape index (κ3) is 2.10. The first kappa shape index (κ1) is 12.9. The predicted molar refractivity (Wildman–Crippen MR) is 68.6 cm³/mol. The Morgan fingerprint density at radius 3 is 2.67 bits per heavy atom. The molecule has 4 nitrogen and oxygen atoms in total. The highest BCUT2D eigenvalue weighted by Gasteiger charge is 2.50. The molecule has 1 N–H and O–H groups in total. The SMILES string of the molecule is CC#CCCN1C(=O)C2(CCCC2)NC(=O)C1C. The molecule has 1 aliphatic carbocycles. The molecule has 18 heavy (non-hydrogen) atoms. The van der Waals surface area contributed by atoms with Crippen LogP contribution in [0.4, 0.5) is 0 Å². The third-order valence-electron chi connectivity index (χ3n) is 3.99. The van der Waals surface area contributed by atoms with Gasteiger partial charge in [0.05, 0.1) is 0 Å². The largest absolute Gasteiger partial charge is 0.340 e. The molecule has 1 spiro atoms. The number of carbonyl (C=O) groups excluding carboxylic acids is 2. The Bertz CT molecular complexity index is 413. The first-order chi connectivity index (χ1) is 8.60. The average molecular weight is 248 g/mol. The van der Waals surface area contributed by atoms with Crippen molar-refractivity contribution < 1.29 is 9.59 Å². The van der Waals surface area contributed by atoms with E-state index < -0.39 is 5.54 Å². The van der Waals surface area contributed by atoms with Crippen LogP contribution in [-0.2, 0) is 9.59 Å². The summed E-state index contributed by atoms with van der Waals surface area (Å²) in [5, 5.41) is 2.95. The lowest BCUT2D eigenvalue weighted by Crippen LogP contribution is -2.68. The lowest BCUT2D eigenvalue weighted by molar-refractivity contribution is -0.154. The Morgan fingerprint density at radius 1 is 1.39 bits per heavy atom. The summed E-state index contributed by atoms with van der Waals surface area (Å²) in [5.74, 6) is 5.84. The van der Waals surface area contributed by atoms with Crippen LogP contribution < -0.4 is 5.32 Å². The summed E-state index contributed by atoms with van der Waals surface area (Å²) in [6, 6.07) is -0.373. The van der Waals surface area contributed by atoms with Crippen molar-refractivity contribution in [2.24, 2.45) is 0 Å². The van der Waals surface area contributed by atoms with Crippen LogP contribution >= 0.6 is 0 Å². The van der Waals surface area contributed by atoms with E-state index >= 15 is 0 Å². The molecule has 1 saturated heterocycles. The summed E-state index contributed by atoms with van der Waals surface area (Å²) in [5.41, 5.74) is -0.608. The van der Waals surface area contributed by atoms with Crippen molar-refractivity contribution in [3.8, 4) is 11.8 Å². The van der Waals surface area contributed by atoms with Gasteiger partial charge in [-0.1, -0.05) is 12.8 Å². The van der Waals surface area contributed by atoms with Crippen molar-refractivity contribution in [3.63, 3.8) is 0 Å².